The third-order valence-electron chi connectivity index (χ3n) is 4.81. The summed E-state index contributed by atoms with van der Waals surface area (Å²) in [5.74, 6) is 1.38. The Bertz CT molecular complexity index is 517. The molecule has 1 aliphatic heterocycles. The molecule has 0 aromatic carbocycles. The van der Waals surface area contributed by atoms with Crippen molar-refractivity contribution in [2.75, 3.05) is 31.1 Å². The van der Waals surface area contributed by atoms with E-state index < -0.39 is 6.10 Å². The Hall–Kier alpha value is -1.20. The zero-order chi connectivity index (χ0) is 15.2. The van der Waals surface area contributed by atoms with E-state index in [1.807, 2.05) is 0 Å². The summed E-state index contributed by atoms with van der Waals surface area (Å²) in [6.45, 7) is 13.1. The lowest BCUT2D eigenvalue weighted by Crippen LogP contribution is -2.53. The molecule has 5 heteroatoms. The van der Waals surface area contributed by atoms with Gasteiger partial charge in [0, 0.05) is 37.3 Å². The van der Waals surface area contributed by atoms with Crippen molar-refractivity contribution in [3.63, 3.8) is 0 Å². The average Bonchev–Trinajstić information content (AvgIpc) is 2.73. The van der Waals surface area contributed by atoms with Crippen LogP contribution in [0, 0.1) is 0 Å². The topological polar surface area (TPSA) is 52.5 Å². The summed E-state index contributed by atoms with van der Waals surface area (Å²) in [7, 11) is 0. The summed E-state index contributed by atoms with van der Waals surface area (Å²) in [6, 6.07) is 0. The predicted octanol–water partition coefficient (Wildman–Crippen LogP) is 1.94. The van der Waals surface area contributed by atoms with Crippen LogP contribution in [0.1, 0.15) is 57.4 Å². The highest BCUT2D eigenvalue weighted by molar-refractivity contribution is 5.53. The number of hydrogen-bond donors (Lipinski definition) is 1. The van der Waals surface area contributed by atoms with Crippen molar-refractivity contribution in [3.8, 4) is 0 Å². The lowest BCUT2D eigenvalue weighted by atomic mass is 10.0. The van der Waals surface area contributed by atoms with Gasteiger partial charge in [0.2, 0.25) is 0 Å². The van der Waals surface area contributed by atoms with Gasteiger partial charge in [-0.05, 0) is 33.1 Å². The summed E-state index contributed by atoms with van der Waals surface area (Å²) >= 11 is 0. The number of rotatable bonds is 1. The largest absolute Gasteiger partial charge is 0.387 e. The molecule has 21 heavy (non-hydrogen) atoms. The molecule has 3 rings (SSSR count). The number of aromatic nitrogens is 2. The summed E-state index contributed by atoms with van der Waals surface area (Å²) in [5.41, 5.74) is 2.23. The van der Waals surface area contributed by atoms with Gasteiger partial charge in [-0.2, -0.15) is 0 Å². The van der Waals surface area contributed by atoms with Gasteiger partial charge in [-0.1, -0.05) is 6.92 Å². The standard InChI is InChI=1S/C16H26N4O/c1-11-9-12(21)14-13(11)15(18-10-17-14)19-5-7-20(8-6-19)16(2,3)4/h10-12,21H,5-9H2,1-4H3/t11?,12-/m1/s1. The normalized spacial score (nSPS) is 27.0. The van der Waals surface area contributed by atoms with Gasteiger partial charge >= 0.3 is 0 Å². The fourth-order valence-electron chi connectivity index (χ4n) is 3.54. The Kier molecular flexibility index (Phi) is 3.66. The van der Waals surface area contributed by atoms with Gasteiger partial charge in [0.15, 0.2) is 0 Å². The van der Waals surface area contributed by atoms with Crippen LogP contribution in [0.3, 0.4) is 0 Å². The van der Waals surface area contributed by atoms with Crippen molar-refractivity contribution in [3.05, 3.63) is 17.6 Å². The van der Waals surface area contributed by atoms with Gasteiger partial charge in [-0.3, -0.25) is 4.90 Å². The molecule has 5 nitrogen and oxygen atoms in total. The molecule has 0 amide bonds. The minimum atomic E-state index is -0.424. The van der Waals surface area contributed by atoms with Crippen molar-refractivity contribution >= 4 is 5.82 Å². The van der Waals surface area contributed by atoms with E-state index in [0.29, 0.717) is 5.92 Å². The second-order valence-corrected chi connectivity index (χ2v) is 7.29. The van der Waals surface area contributed by atoms with Crippen LogP contribution in [0.2, 0.25) is 0 Å². The van der Waals surface area contributed by atoms with E-state index in [2.05, 4.69) is 47.5 Å². The van der Waals surface area contributed by atoms with Gasteiger partial charge in [0.1, 0.15) is 12.1 Å². The van der Waals surface area contributed by atoms with Gasteiger partial charge in [-0.15, -0.1) is 0 Å². The van der Waals surface area contributed by atoms with Crippen molar-refractivity contribution in [2.45, 2.75) is 51.7 Å². The Labute approximate surface area is 127 Å². The van der Waals surface area contributed by atoms with E-state index in [4.69, 9.17) is 0 Å². The average molecular weight is 290 g/mol. The van der Waals surface area contributed by atoms with Crippen LogP contribution in [0.25, 0.3) is 0 Å². The molecule has 0 radical (unpaired) electrons. The highest BCUT2D eigenvalue weighted by atomic mass is 16.3. The molecule has 2 heterocycles. The van der Waals surface area contributed by atoms with Crippen LogP contribution in [-0.4, -0.2) is 51.7 Å². The minimum Gasteiger partial charge on any atom is -0.387 e. The first-order chi connectivity index (χ1) is 9.88. The summed E-state index contributed by atoms with van der Waals surface area (Å²) < 4.78 is 0. The molecule has 1 N–H and O–H groups in total. The predicted molar refractivity (Wildman–Crippen MR) is 83.6 cm³/mol. The molecule has 0 saturated carbocycles. The van der Waals surface area contributed by atoms with E-state index in [9.17, 15) is 5.11 Å². The van der Waals surface area contributed by atoms with Crippen molar-refractivity contribution in [1.29, 1.82) is 0 Å². The Morgan fingerprint density at radius 3 is 2.43 bits per heavy atom. The van der Waals surface area contributed by atoms with Gasteiger partial charge in [0.05, 0.1) is 11.8 Å². The molecule has 2 aliphatic rings. The third-order valence-corrected chi connectivity index (χ3v) is 4.81. The van der Waals surface area contributed by atoms with Crippen molar-refractivity contribution in [2.24, 2.45) is 0 Å². The minimum absolute atomic E-state index is 0.225. The molecule has 1 saturated heterocycles. The SMILES string of the molecule is CC1C[C@@H](O)c2ncnc(N3CCN(C(C)(C)C)CC3)c21. The molecule has 0 bridgehead atoms. The monoisotopic (exact) mass is 290 g/mol. The molecule has 1 unspecified atom stereocenters. The van der Waals surface area contributed by atoms with Crippen LogP contribution in [-0.2, 0) is 0 Å². The fourth-order valence-corrected chi connectivity index (χ4v) is 3.54. The number of anilines is 1. The second kappa shape index (κ2) is 5.21. The Morgan fingerprint density at radius 2 is 1.81 bits per heavy atom. The number of hydrogen-bond acceptors (Lipinski definition) is 5. The lowest BCUT2D eigenvalue weighted by Gasteiger charge is -2.43. The lowest BCUT2D eigenvalue weighted by molar-refractivity contribution is 0.128. The molecular formula is C16H26N4O. The van der Waals surface area contributed by atoms with Crippen LogP contribution in [0.4, 0.5) is 5.82 Å². The first-order valence-corrected chi connectivity index (χ1v) is 7.91. The van der Waals surface area contributed by atoms with E-state index in [1.165, 1.54) is 0 Å². The van der Waals surface area contributed by atoms with Gasteiger partial charge in [-0.25, -0.2) is 9.97 Å². The molecule has 1 aromatic heterocycles. The van der Waals surface area contributed by atoms with Crippen molar-refractivity contribution in [1.82, 2.24) is 14.9 Å². The first-order valence-electron chi connectivity index (χ1n) is 7.91. The summed E-state index contributed by atoms with van der Waals surface area (Å²) in [4.78, 5) is 13.7. The van der Waals surface area contributed by atoms with Crippen molar-refractivity contribution < 1.29 is 5.11 Å². The quantitative estimate of drug-likeness (QED) is 0.856. The van der Waals surface area contributed by atoms with Gasteiger partial charge in [0.25, 0.3) is 0 Å². The van der Waals surface area contributed by atoms with Crippen LogP contribution in [0.5, 0.6) is 0 Å². The molecule has 0 spiro atoms. The van der Waals surface area contributed by atoms with E-state index in [-0.39, 0.29) is 5.54 Å². The molecule has 116 valence electrons. The maximum absolute atomic E-state index is 10.1. The Morgan fingerprint density at radius 1 is 1.14 bits per heavy atom. The second-order valence-electron chi connectivity index (χ2n) is 7.29. The van der Waals surface area contributed by atoms with Crippen LogP contribution in [0.15, 0.2) is 6.33 Å². The maximum Gasteiger partial charge on any atom is 0.135 e. The molecule has 1 fully saturated rings. The smallest absolute Gasteiger partial charge is 0.135 e. The highest BCUT2D eigenvalue weighted by Gasteiger charge is 2.34. The highest BCUT2D eigenvalue weighted by Crippen LogP contribution is 2.42. The number of fused-ring (bicyclic) bond motifs is 1. The first kappa shape index (κ1) is 14.7. The molecular weight excluding hydrogens is 264 g/mol. The maximum atomic E-state index is 10.1. The molecule has 1 aliphatic carbocycles. The summed E-state index contributed by atoms with van der Waals surface area (Å²) in [6.07, 6.45) is 1.95. The molecule has 1 aromatic rings. The number of piperazine rings is 1. The number of aliphatic hydroxyl groups excluding tert-OH is 1. The van der Waals surface area contributed by atoms with E-state index in [0.717, 1.165) is 49.7 Å². The number of aliphatic hydroxyl groups is 1. The zero-order valence-electron chi connectivity index (χ0n) is 13.5. The Balaban J connectivity index is 1.81. The van der Waals surface area contributed by atoms with Crippen LogP contribution < -0.4 is 4.90 Å². The number of nitrogens with zero attached hydrogens (tertiary/aromatic N) is 4. The van der Waals surface area contributed by atoms with Gasteiger partial charge < -0.3 is 10.0 Å². The zero-order valence-corrected chi connectivity index (χ0v) is 13.5. The molecule has 2 atom stereocenters. The fraction of sp³-hybridized carbons (Fsp3) is 0.750. The summed E-state index contributed by atoms with van der Waals surface area (Å²) in [5, 5.41) is 10.1. The van der Waals surface area contributed by atoms with E-state index in [1.54, 1.807) is 6.33 Å². The van der Waals surface area contributed by atoms with Crippen LogP contribution >= 0.6 is 0 Å². The third kappa shape index (κ3) is 2.64. The van der Waals surface area contributed by atoms with E-state index >= 15 is 0 Å².